The molecule has 2 N–H and O–H groups in total. The monoisotopic (exact) mass is 374 g/mol. The number of carbonyl (C=O) groups is 1. The Bertz CT molecular complexity index is 1100. The van der Waals surface area contributed by atoms with Gasteiger partial charge in [0.15, 0.2) is 5.75 Å². The highest BCUT2D eigenvalue weighted by atomic mass is 32.2. The predicted octanol–water partition coefficient (Wildman–Crippen LogP) is 1.67. The maximum absolute atomic E-state index is 12.8. The summed E-state index contributed by atoms with van der Waals surface area (Å²) in [7, 11) is -4.04. The Morgan fingerprint density at radius 3 is 2.46 bits per heavy atom. The molecule has 1 aromatic heterocycles. The lowest BCUT2D eigenvalue weighted by molar-refractivity contribution is 0.0686. The van der Waals surface area contributed by atoms with Gasteiger partial charge in [0.05, 0.1) is 21.7 Å². The number of para-hydroxylation sites is 1. The molecule has 0 spiro atoms. The number of nitrogens with zero attached hydrogens (tertiary/aromatic N) is 2. The van der Waals surface area contributed by atoms with Gasteiger partial charge < -0.3 is 10.2 Å². The van der Waals surface area contributed by atoms with Crippen molar-refractivity contribution < 1.29 is 23.4 Å². The van der Waals surface area contributed by atoms with E-state index in [0.717, 1.165) is 17.0 Å². The first kappa shape index (κ1) is 18.9. The molecule has 0 aliphatic heterocycles. The van der Waals surface area contributed by atoms with E-state index in [9.17, 15) is 23.1 Å². The highest BCUT2D eigenvalue weighted by Gasteiger charge is 2.24. The average Bonchev–Trinajstić information content (AvgIpc) is 2.61. The van der Waals surface area contributed by atoms with Crippen LogP contribution in [-0.2, 0) is 9.84 Å². The molecule has 0 fully saturated rings. The number of aromatic nitrogens is 2. The molecular formula is C17H14N2O6S. The first-order chi connectivity index (χ1) is 12.2. The molecule has 0 atom stereocenters. The number of carboxylic acids is 1. The van der Waals surface area contributed by atoms with Crippen LogP contribution in [0, 0.1) is 0 Å². The third kappa shape index (κ3) is 3.33. The predicted molar refractivity (Wildman–Crippen MR) is 94.1 cm³/mol. The van der Waals surface area contributed by atoms with Gasteiger partial charge in [0, 0.05) is 0 Å². The Kier molecular flexibility index (Phi) is 5.22. The Balaban J connectivity index is 2.82. The van der Waals surface area contributed by atoms with E-state index in [1.54, 1.807) is 0 Å². The molecule has 0 aliphatic rings. The molecule has 134 valence electrons. The number of aromatic carboxylic acids is 1. The van der Waals surface area contributed by atoms with Crippen LogP contribution in [0.5, 0.6) is 5.75 Å². The van der Waals surface area contributed by atoms with E-state index in [1.165, 1.54) is 36.4 Å². The first-order valence-corrected chi connectivity index (χ1v) is 8.58. The fourth-order valence-corrected chi connectivity index (χ4v) is 3.57. The van der Waals surface area contributed by atoms with Crippen LogP contribution in [0.1, 0.15) is 10.5 Å². The van der Waals surface area contributed by atoms with Crippen molar-refractivity contribution in [2.45, 2.75) is 4.90 Å². The molecule has 9 heteroatoms. The fourth-order valence-electron chi connectivity index (χ4n) is 2.13. The van der Waals surface area contributed by atoms with Crippen LogP contribution in [-0.4, -0.2) is 34.4 Å². The average molecular weight is 374 g/mol. The third-order valence-corrected chi connectivity index (χ3v) is 5.15. The van der Waals surface area contributed by atoms with Gasteiger partial charge in [-0.1, -0.05) is 37.4 Å². The second-order valence-electron chi connectivity index (χ2n) is 4.92. The van der Waals surface area contributed by atoms with E-state index in [-0.39, 0.29) is 15.5 Å². The zero-order valence-electron chi connectivity index (χ0n) is 13.4. The SMILES string of the molecule is C=C/C=C(\C=C)S(=O)(=O)c1ccccc1-n1cc(O)c(=O)c(C(=O)O)n1. The van der Waals surface area contributed by atoms with Gasteiger partial charge in [0.2, 0.25) is 15.5 Å². The van der Waals surface area contributed by atoms with E-state index in [4.69, 9.17) is 5.11 Å². The fraction of sp³-hybridized carbons (Fsp3) is 0. The zero-order valence-corrected chi connectivity index (χ0v) is 14.2. The lowest BCUT2D eigenvalue weighted by atomic mass is 10.3. The van der Waals surface area contributed by atoms with Crippen LogP contribution >= 0.6 is 0 Å². The number of sulfone groups is 1. The van der Waals surface area contributed by atoms with E-state index < -0.39 is 32.7 Å². The minimum absolute atomic E-state index is 0.0536. The standard InChI is InChI=1S/C17H14N2O6S/c1-3-7-11(4-2)26(24,25)14-9-6-5-8-12(14)19-10-13(20)16(21)15(18-19)17(22)23/h3-10,20H,1-2H2,(H,22,23)/b11-7+. The third-order valence-electron chi connectivity index (χ3n) is 3.30. The molecule has 2 rings (SSSR count). The smallest absolute Gasteiger partial charge is 0.360 e. The molecule has 26 heavy (non-hydrogen) atoms. The number of benzene rings is 1. The normalized spacial score (nSPS) is 11.8. The van der Waals surface area contributed by atoms with Gasteiger partial charge in [-0.2, -0.15) is 5.10 Å². The maximum atomic E-state index is 12.8. The van der Waals surface area contributed by atoms with Gasteiger partial charge in [0.25, 0.3) is 5.43 Å². The molecule has 0 amide bonds. The van der Waals surface area contributed by atoms with Crippen LogP contribution in [0.2, 0.25) is 0 Å². The van der Waals surface area contributed by atoms with E-state index in [1.807, 2.05) is 0 Å². The number of hydrogen-bond donors (Lipinski definition) is 2. The summed E-state index contributed by atoms with van der Waals surface area (Å²) in [5.74, 6) is -2.53. The molecule has 0 saturated carbocycles. The Labute approximate surface area is 148 Å². The zero-order chi connectivity index (χ0) is 19.5. The van der Waals surface area contributed by atoms with Crippen molar-refractivity contribution in [3.63, 3.8) is 0 Å². The number of carboxylic acid groups (broad SMARTS) is 1. The van der Waals surface area contributed by atoms with Crippen molar-refractivity contribution in [2.75, 3.05) is 0 Å². The van der Waals surface area contributed by atoms with Gasteiger partial charge in [-0.15, -0.1) is 0 Å². The van der Waals surface area contributed by atoms with Gasteiger partial charge in [-0.25, -0.2) is 17.9 Å². The van der Waals surface area contributed by atoms with Gasteiger partial charge in [-0.3, -0.25) is 4.79 Å². The lowest BCUT2D eigenvalue weighted by Crippen LogP contribution is -2.22. The van der Waals surface area contributed by atoms with Crippen molar-refractivity contribution in [2.24, 2.45) is 0 Å². The van der Waals surface area contributed by atoms with E-state index in [2.05, 4.69) is 18.3 Å². The summed E-state index contributed by atoms with van der Waals surface area (Å²) in [6.07, 6.45) is 4.50. The summed E-state index contributed by atoms with van der Waals surface area (Å²) in [6, 6.07) is 5.59. The molecule has 1 heterocycles. The van der Waals surface area contributed by atoms with Crippen LogP contribution in [0.4, 0.5) is 0 Å². The van der Waals surface area contributed by atoms with Crippen LogP contribution in [0.25, 0.3) is 5.69 Å². The molecule has 1 aromatic carbocycles. The van der Waals surface area contributed by atoms with Crippen molar-refractivity contribution in [3.05, 3.63) is 82.7 Å². The van der Waals surface area contributed by atoms with Crippen LogP contribution < -0.4 is 5.43 Å². The molecule has 0 aliphatic carbocycles. The van der Waals surface area contributed by atoms with Crippen molar-refractivity contribution in [1.82, 2.24) is 9.78 Å². The molecule has 0 unspecified atom stereocenters. The Morgan fingerprint density at radius 2 is 1.88 bits per heavy atom. The summed E-state index contributed by atoms with van der Waals surface area (Å²) >= 11 is 0. The molecule has 2 aromatic rings. The molecule has 0 saturated heterocycles. The molecule has 8 nitrogen and oxygen atoms in total. The molecule has 0 radical (unpaired) electrons. The summed E-state index contributed by atoms with van der Waals surface area (Å²) in [5.41, 5.74) is -2.17. The summed E-state index contributed by atoms with van der Waals surface area (Å²) in [6.45, 7) is 6.91. The van der Waals surface area contributed by atoms with Crippen molar-refractivity contribution in [1.29, 1.82) is 0 Å². The molecular weight excluding hydrogens is 360 g/mol. The van der Waals surface area contributed by atoms with E-state index >= 15 is 0 Å². The van der Waals surface area contributed by atoms with Crippen LogP contribution in [0.15, 0.2) is 76.4 Å². The minimum atomic E-state index is -4.04. The molecule has 0 bridgehead atoms. The Hall–Kier alpha value is -3.46. The van der Waals surface area contributed by atoms with Gasteiger partial charge in [-0.05, 0) is 18.2 Å². The van der Waals surface area contributed by atoms with E-state index in [0.29, 0.717) is 0 Å². The van der Waals surface area contributed by atoms with Crippen molar-refractivity contribution >= 4 is 15.8 Å². The minimum Gasteiger partial charge on any atom is -0.503 e. The van der Waals surface area contributed by atoms with Crippen molar-refractivity contribution in [3.8, 4) is 11.4 Å². The quantitative estimate of drug-likeness (QED) is 0.736. The summed E-state index contributed by atoms with van der Waals surface area (Å²) in [5, 5.41) is 22.4. The number of aromatic hydroxyl groups is 1. The number of allylic oxidation sites excluding steroid dienone is 3. The highest BCUT2D eigenvalue weighted by molar-refractivity contribution is 7.95. The summed E-state index contributed by atoms with van der Waals surface area (Å²) < 4.78 is 26.5. The second-order valence-corrected chi connectivity index (χ2v) is 6.84. The van der Waals surface area contributed by atoms with Gasteiger partial charge >= 0.3 is 5.97 Å². The van der Waals surface area contributed by atoms with Crippen LogP contribution in [0.3, 0.4) is 0 Å². The Morgan fingerprint density at radius 1 is 1.23 bits per heavy atom. The van der Waals surface area contributed by atoms with Gasteiger partial charge in [0.1, 0.15) is 0 Å². The largest absolute Gasteiger partial charge is 0.503 e. The number of hydrogen-bond acceptors (Lipinski definition) is 6. The maximum Gasteiger partial charge on any atom is 0.360 e. The topological polar surface area (TPSA) is 127 Å². The first-order valence-electron chi connectivity index (χ1n) is 7.10. The number of rotatable bonds is 6. The second kappa shape index (κ2) is 7.19. The summed E-state index contributed by atoms with van der Waals surface area (Å²) in [4.78, 5) is 22.4. The highest BCUT2D eigenvalue weighted by Crippen LogP contribution is 2.26. The lowest BCUT2D eigenvalue weighted by Gasteiger charge is -2.13.